The molecule has 9 heteroatoms. The Morgan fingerprint density at radius 1 is 1.15 bits per heavy atom. The molecule has 0 aliphatic carbocycles. The first-order valence-corrected chi connectivity index (χ1v) is 11.8. The highest BCUT2D eigenvalue weighted by molar-refractivity contribution is 7.22. The van der Waals surface area contributed by atoms with Gasteiger partial charge in [0.05, 0.1) is 20.9 Å². The van der Waals surface area contributed by atoms with Crippen LogP contribution in [0.1, 0.15) is 5.69 Å². The van der Waals surface area contributed by atoms with Crippen molar-refractivity contribution in [1.29, 1.82) is 0 Å². The second-order valence-electron chi connectivity index (χ2n) is 7.74. The molecule has 0 unspecified atom stereocenters. The minimum atomic E-state index is -0.163. The van der Waals surface area contributed by atoms with Crippen molar-refractivity contribution in [3.8, 4) is 5.75 Å². The van der Waals surface area contributed by atoms with Crippen molar-refractivity contribution in [1.82, 2.24) is 14.9 Å². The van der Waals surface area contributed by atoms with Gasteiger partial charge in [-0.3, -0.25) is 9.78 Å². The lowest BCUT2D eigenvalue weighted by atomic mass is 10.3. The number of aromatic nitrogens is 2. The molecule has 2 aromatic heterocycles. The summed E-state index contributed by atoms with van der Waals surface area (Å²) < 4.78 is 6.74. The van der Waals surface area contributed by atoms with Crippen molar-refractivity contribution in [2.75, 3.05) is 31.3 Å². The lowest BCUT2D eigenvalue weighted by Gasteiger charge is -2.09. The van der Waals surface area contributed by atoms with Crippen LogP contribution in [0, 0.1) is 0 Å². The van der Waals surface area contributed by atoms with Gasteiger partial charge in [-0.15, -0.1) is 0 Å². The van der Waals surface area contributed by atoms with Crippen molar-refractivity contribution in [3.05, 3.63) is 83.7 Å². The van der Waals surface area contributed by atoms with Gasteiger partial charge in [-0.25, -0.2) is 4.98 Å². The van der Waals surface area contributed by atoms with E-state index < -0.39 is 0 Å². The maximum atomic E-state index is 12.1. The van der Waals surface area contributed by atoms with Gasteiger partial charge < -0.3 is 20.3 Å². The highest BCUT2D eigenvalue weighted by Crippen LogP contribution is 2.33. The number of rotatable bonds is 9. The smallest absolute Gasteiger partial charge is 0.248 e. The molecule has 0 aliphatic heterocycles. The number of fused-ring (bicyclic) bond motifs is 1. The summed E-state index contributed by atoms with van der Waals surface area (Å²) in [5, 5.41) is 7.39. The molecular formula is C25H24ClN5O2S. The Morgan fingerprint density at radius 2 is 2.00 bits per heavy atom. The van der Waals surface area contributed by atoms with Crippen LogP contribution in [0.25, 0.3) is 10.2 Å². The summed E-state index contributed by atoms with van der Waals surface area (Å²) in [4.78, 5) is 22.9. The Bertz CT molecular complexity index is 1310. The van der Waals surface area contributed by atoms with Gasteiger partial charge in [0.15, 0.2) is 5.13 Å². The summed E-state index contributed by atoms with van der Waals surface area (Å²) in [6, 6.07) is 16.8. The van der Waals surface area contributed by atoms with Crippen LogP contribution in [0.5, 0.6) is 5.75 Å². The van der Waals surface area contributed by atoms with E-state index in [-0.39, 0.29) is 5.91 Å². The zero-order valence-corrected chi connectivity index (χ0v) is 20.4. The molecule has 2 heterocycles. The van der Waals surface area contributed by atoms with Crippen molar-refractivity contribution in [2.45, 2.75) is 6.61 Å². The number of hydrogen-bond acceptors (Lipinski definition) is 7. The van der Waals surface area contributed by atoms with E-state index in [2.05, 4.69) is 20.6 Å². The molecule has 174 valence electrons. The fourth-order valence-electron chi connectivity index (χ4n) is 3.06. The van der Waals surface area contributed by atoms with Gasteiger partial charge in [-0.1, -0.05) is 35.1 Å². The van der Waals surface area contributed by atoms with E-state index in [9.17, 15) is 4.79 Å². The van der Waals surface area contributed by atoms with E-state index in [1.807, 2.05) is 73.6 Å². The summed E-state index contributed by atoms with van der Waals surface area (Å²) in [6.07, 6.45) is 5.09. The number of nitrogens with zero attached hydrogens (tertiary/aromatic N) is 3. The molecule has 1 amide bonds. The Labute approximate surface area is 207 Å². The Hall–Kier alpha value is -3.46. The minimum Gasteiger partial charge on any atom is -0.486 e. The molecule has 0 saturated carbocycles. The number of anilines is 3. The third-order valence-electron chi connectivity index (χ3n) is 4.68. The SMILES string of the molecule is CN(C)C/C=C/C(=O)Nc1ccc2nc(Nc3ccc(OCc4ccccn4)c(Cl)c3)sc2c1. The molecule has 0 fully saturated rings. The maximum absolute atomic E-state index is 12.1. The molecule has 0 atom stereocenters. The van der Waals surface area contributed by atoms with Crippen LogP contribution >= 0.6 is 22.9 Å². The van der Waals surface area contributed by atoms with E-state index in [4.69, 9.17) is 16.3 Å². The first-order chi connectivity index (χ1) is 16.5. The molecule has 0 bridgehead atoms. The average molecular weight is 494 g/mol. The van der Waals surface area contributed by atoms with Crippen LogP contribution in [0.2, 0.25) is 5.02 Å². The monoisotopic (exact) mass is 493 g/mol. The quantitative estimate of drug-likeness (QED) is 0.290. The molecule has 0 saturated heterocycles. The van der Waals surface area contributed by atoms with Gasteiger partial charge in [-0.2, -0.15) is 0 Å². The van der Waals surface area contributed by atoms with Gasteiger partial charge in [0.25, 0.3) is 0 Å². The Morgan fingerprint density at radius 3 is 2.76 bits per heavy atom. The van der Waals surface area contributed by atoms with Crippen molar-refractivity contribution >= 4 is 55.6 Å². The standard InChI is InChI=1S/C25H24ClN5O2S/c1-31(2)13-5-7-24(32)28-18-8-10-21-23(15-18)34-25(30-21)29-17-9-11-22(20(26)14-17)33-16-19-6-3-4-12-27-19/h3-12,14-15H,13,16H2,1-2H3,(H,28,32)(H,29,30)/b7-5+. The molecule has 0 spiro atoms. The van der Waals surface area contributed by atoms with Crippen molar-refractivity contribution < 1.29 is 9.53 Å². The Balaban J connectivity index is 1.39. The minimum absolute atomic E-state index is 0.163. The number of benzene rings is 2. The summed E-state index contributed by atoms with van der Waals surface area (Å²) in [6.45, 7) is 1.05. The zero-order valence-electron chi connectivity index (χ0n) is 18.8. The highest BCUT2D eigenvalue weighted by Gasteiger charge is 2.09. The van der Waals surface area contributed by atoms with E-state index in [1.165, 1.54) is 17.4 Å². The fourth-order valence-corrected chi connectivity index (χ4v) is 4.23. The van der Waals surface area contributed by atoms with Crippen LogP contribution in [0.3, 0.4) is 0 Å². The molecule has 0 radical (unpaired) electrons. The second-order valence-corrected chi connectivity index (χ2v) is 9.17. The largest absolute Gasteiger partial charge is 0.486 e. The number of likely N-dealkylation sites (N-methyl/N-ethyl adjacent to an activating group) is 1. The van der Waals surface area contributed by atoms with Gasteiger partial charge >= 0.3 is 0 Å². The number of amides is 1. The Kier molecular flexibility index (Phi) is 7.74. The summed E-state index contributed by atoms with van der Waals surface area (Å²) in [5.41, 5.74) is 3.19. The number of halogens is 1. The van der Waals surface area contributed by atoms with Gasteiger partial charge in [-0.05, 0) is 62.6 Å². The molecule has 2 N–H and O–H groups in total. The molecule has 7 nitrogen and oxygen atoms in total. The zero-order chi connectivity index (χ0) is 23.9. The number of nitrogens with one attached hydrogen (secondary N) is 2. The van der Waals surface area contributed by atoms with Crippen LogP contribution in [-0.2, 0) is 11.4 Å². The van der Waals surface area contributed by atoms with Gasteiger partial charge in [0, 0.05) is 30.2 Å². The van der Waals surface area contributed by atoms with Crippen LogP contribution in [-0.4, -0.2) is 41.4 Å². The van der Waals surface area contributed by atoms with Crippen LogP contribution in [0.15, 0.2) is 72.9 Å². The summed E-state index contributed by atoms with van der Waals surface area (Å²) in [7, 11) is 3.90. The van der Waals surface area contributed by atoms with Crippen LogP contribution in [0.4, 0.5) is 16.5 Å². The van der Waals surface area contributed by atoms with E-state index >= 15 is 0 Å². The van der Waals surface area contributed by atoms with Gasteiger partial charge in [0.2, 0.25) is 5.91 Å². The second kappa shape index (κ2) is 11.1. The predicted molar refractivity (Wildman–Crippen MR) is 139 cm³/mol. The first kappa shape index (κ1) is 23.7. The molecule has 34 heavy (non-hydrogen) atoms. The lowest BCUT2D eigenvalue weighted by Crippen LogP contribution is -2.12. The van der Waals surface area contributed by atoms with E-state index in [0.29, 0.717) is 23.9 Å². The highest BCUT2D eigenvalue weighted by atomic mass is 35.5. The third kappa shape index (κ3) is 6.54. The van der Waals surface area contributed by atoms with Crippen molar-refractivity contribution in [3.63, 3.8) is 0 Å². The predicted octanol–water partition coefficient (Wildman–Crippen LogP) is 5.72. The summed E-state index contributed by atoms with van der Waals surface area (Å²) in [5.74, 6) is 0.422. The van der Waals surface area contributed by atoms with Crippen molar-refractivity contribution in [2.24, 2.45) is 0 Å². The maximum Gasteiger partial charge on any atom is 0.248 e. The lowest BCUT2D eigenvalue weighted by molar-refractivity contribution is -0.111. The third-order valence-corrected chi connectivity index (χ3v) is 5.91. The molecule has 4 aromatic rings. The molecule has 2 aromatic carbocycles. The number of pyridine rings is 1. The van der Waals surface area contributed by atoms with E-state index in [1.54, 1.807) is 12.3 Å². The molecular weight excluding hydrogens is 470 g/mol. The van der Waals surface area contributed by atoms with Gasteiger partial charge in [0.1, 0.15) is 12.4 Å². The van der Waals surface area contributed by atoms with E-state index in [0.717, 1.165) is 32.4 Å². The number of ether oxygens (including phenoxy) is 1. The normalized spacial score (nSPS) is 11.3. The number of carbonyl (C=O) groups excluding carboxylic acids is 1. The number of thiazole rings is 1. The summed E-state index contributed by atoms with van der Waals surface area (Å²) >= 11 is 7.90. The molecule has 4 rings (SSSR count). The fraction of sp³-hybridized carbons (Fsp3) is 0.160. The first-order valence-electron chi connectivity index (χ1n) is 10.6. The van der Waals surface area contributed by atoms with Crippen LogP contribution < -0.4 is 15.4 Å². The molecule has 0 aliphatic rings. The topological polar surface area (TPSA) is 79.4 Å². The number of hydrogen-bond donors (Lipinski definition) is 2. The number of carbonyl (C=O) groups is 1. The average Bonchev–Trinajstić information content (AvgIpc) is 3.20.